The molecular formula is C27H27N3OS3. The van der Waals surface area contributed by atoms with Crippen molar-refractivity contribution < 1.29 is 4.79 Å². The van der Waals surface area contributed by atoms with Gasteiger partial charge >= 0.3 is 0 Å². The molecule has 1 saturated heterocycles. The highest BCUT2D eigenvalue weighted by atomic mass is 32.2. The first kappa shape index (κ1) is 23.4. The lowest BCUT2D eigenvalue weighted by Gasteiger charge is -2.21. The van der Waals surface area contributed by atoms with Crippen molar-refractivity contribution in [2.24, 2.45) is 0 Å². The number of carbonyl (C=O) groups is 1. The quantitative estimate of drug-likeness (QED) is 0.193. The fourth-order valence-electron chi connectivity index (χ4n) is 4.46. The minimum absolute atomic E-state index is 0.0339. The number of nitrogens with zero attached hydrogens (tertiary/aromatic N) is 3. The Labute approximate surface area is 214 Å². The largest absolute Gasteiger partial charge is 0.290 e. The third kappa shape index (κ3) is 4.88. The molecule has 0 atom stereocenters. The molecule has 2 fully saturated rings. The Balaban J connectivity index is 1.51. The van der Waals surface area contributed by atoms with E-state index in [1.54, 1.807) is 0 Å². The summed E-state index contributed by atoms with van der Waals surface area (Å²) in [5.74, 6) is 1.14. The van der Waals surface area contributed by atoms with Gasteiger partial charge in [0, 0.05) is 28.3 Å². The van der Waals surface area contributed by atoms with Crippen LogP contribution in [0.3, 0.4) is 0 Å². The van der Waals surface area contributed by atoms with Crippen molar-refractivity contribution in [3.8, 4) is 16.9 Å². The molecule has 4 nitrogen and oxygen atoms in total. The number of amides is 1. The van der Waals surface area contributed by atoms with Gasteiger partial charge in [-0.25, -0.2) is 4.68 Å². The number of para-hydroxylation sites is 1. The van der Waals surface area contributed by atoms with E-state index < -0.39 is 0 Å². The second-order valence-electron chi connectivity index (χ2n) is 8.58. The number of carbonyl (C=O) groups excluding carboxylic acids is 1. The molecule has 0 unspecified atom stereocenters. The zero-order valence-corrected chi connectivity index (χ0v) is 21.6. The van der Waals surface area contributed by atoms with Crippen LogP contribution in [0.4, 0.5) is 0 Å². The van der Waals surface area contributed by atoms with E-state index in [0.717, 1.165) is 47.5 Å². The zero-order chi connectivity index (χ0) is 23.5. The van der Waals surface area contributed by atoms with Gasteiger partial charge in [0.2, 0.25) is 0 Å². The topological polar surface area (TPSA) is 38.1 Å². The van der Waals surface area contributed by atoms with Crippen LogP contribution in [0.5, 0.6) is 0 Å². The second kappa shape index (κ2) is 10.5. The average Bonchev–Trinajstić information content (AvgIpc) is 3.59. The molecule has 0 bridgehead atoms. The van der Waals surface area contributed by atoms with Crippen LogP contribution in [0, 0.1) is 0 Å². The Hall–Kier alpha value is -2.35. The molecule has 1 aliphatic heterocycles. The summed E-state index contributed by atoms with van der Waals surface area (Å²) < 4.78 is 2.57. The number of rotatable bonds is 7. The molecule has 1 saturated carbocycles. The fourth-order valence-corrected chi connectivity index (χ4v) is 6.62. The molecule has 174 valence electrons. The lowest BCUT2D eigenvalue weighted by atomic mass is 10.1. The van der Waals surface area contributed by atoms with Gasteiger partial charge in [-0.05, 0) is 55.4 Å². The fraction of sp³-hybridized carbons (Fsp3) is 0.296. The van der Waals surface area contributed by atoms with Gasteiger partial charge < -0.3 is 0 Å². The molecule has 2 aromatic carbocycles. The number of benzene rings is 2. The standard InChI is InChI=1S/C27H27N3OS3/c1-2-16-33-23-14-12-19(13-15-23)25-20(18-29(28-25)21-8-4-3-5-9-21)17-24-26(31)30(27(32)34-24)22-10-6-7-11-22/h3-5,8-9,12-15,17-18,22H,2,6-7,10-11,16H2,1H3. The Bertz CT molecular complexity index is 1210. The molecule has 1 amide bonds. The van der Waals surface area contributed by atoms with Crippen LogP contribution in [0.1, 0.15) is 44.6 Å². The highest BCUT2D eigenvalue weighted by Crippen LogP contribution is 2.39. The van der Waals surface area contributed by atoms with Gasteiger partial charge in [-0.3, -0.25) is 9.69 Å². The van der Waals surface area contributed by atoms with E-state index in [1.807, 2.05) is 63.9 Å². The van der Waals surface area contributed by atoms with Gasteiger partial charge in [0.1, 0.15) is 4.32 Å². The summed E-state index contributed by atoms with van der Waals surface area (Å²) in [5, 5.41) is 4.92. The number of thioether (sulfide) groups is 2. The van der Waals surface area contributed by atoms with Crippen LogP contribution < -0.4 is 0 Å². The Morgan fingerprint density at radius 2 is 1.85 bits per heavy atom. The first-order valence-electron chi connectivity index (χ1n) is 11.8. The molecule has 5 rings (SSSR count). The van der Waals surface area contributed by atoms with Crippen molar-refractivity contribution >= 4 is 52.0 Å². The second-order valence-corrected chi connectivity index (χ2v) is 11.4. The minimum atomic E-state index is 0.0339. The Morgan fingerprint density at radius 1 is 1.12 bits per heavy atom. The van der Waals surface area contributed by atoms with E-state index in [0.29, 0.717) is 9.23 Å². The molecule has 2 aliphatic rings. The molecule has 2 heterocycles. The van der Waals surface area contributed by atoms with Crippen LogP contribution in [0.2, 0.25) is 0 Å². The summed E-state index contributed by atoms with van der Waals surface area (Å²) in [6.07, 6.45) is 9.54. The maximum absolute atomic E-state index is 13.3. The summed E-state index contributed by atoms with van der Waals surface area (Å²) in [4.78, 5) is 17.1. The first-order valence-corrected chi connectivity index (χ1v) is 14.0. The van der Waals surface area contributed by atoms with Gasteiger partial charge in [0.15, 0.2) is 0 Å². The molecule has 34 heavy (non-hydrogen) atoms. The maximum atomic E-state index is 13.3. The number of hydrogen-bond acceptors (Lipinski definition) is 5. The van der Waals surface area contributed by atoms with Crippen molar-refractivity contribution in [3.05, 3.63) is 71.3 Å². The molecule has 7 heteroatoms. The molecule has 0 radical (unpaired) electrons. The predicted octanol–water partition coefficient (Wildman–Crippen LogP) is 7.19. The van der Waals surface area contributed by atoms with E-state index in [9.17, 15) is 4.79 Å². The van der Waals surface area contributed by atoms with Gasteiger partial charge in [-0.1, -0.05) is 74.1 Å². The molecule has 0 N–H and O–H groups in total. The van der Waals surface area contributed by atoms with E-state index in [-0.39, 0.29) is 11.9 Å². The van der Waals surface area contributed by atoms with Crippen LogP contribution in [-0.4, -0.2) is 36.7 Å². The van der Waals surface area contributed by atoms with Gasteiger partial charge in [-0.2, -0.15) is 5.10 Å². The number of thiocarbonyl (C=S) groups is 1. The van der Waals surface area contributed by atoms with Crippen LogP contribution in [0.15, 0.2) is 70.6 Å². The normalized spacial score (nSPS) is 17.9. The summed E-state index contributed by atoms with van der Waals surface area (Å²) in [5.41, 5.74) is 3.80. The molecule has 0 spiro atoms. The Morgan fingerprint density at radius 3 is 2.56 bits per heavy atom. The van der Waals surface area contributed by atoms with E-state index in [2.05, 4.69) is 31.2 Å². The zero-order valence-electron chi connectivity index (χ0n) is 19.1. The van der Waals surface area contributed by atoms with Crippen molar-refractivity contribution in [2.75, 3.05) is 5.75 Å². The first-order chi connectivity index (χ1) is 16.6. The average molecular weight is 506 g/mol. The minimum Gasteiger partial charge on any atom is -0.290 e. The van der Waals surface area contributed by atoms with Crippen LogP contribution in [-0.2, 0) is 4.79 Å². The van der Waals surface area contributed by atoms with Gasteiger partial charge in [0.25, 0.3) is 5.91 Å². The van der Waals surface area contributed by atoms with Crippen LogP contribution >= 0.6 is 35.7 Å². The smallest absolute Gasteiger partial charge is 0.266 e. The Kier molecular flexibility index (Phi) is 7.23. The van der Waals surface area contributed by atoms with E-state index >= 15 is 0 Å². The summed E-state index contributed by atoms with van der Waals surface area (Å²) in [7, 11) is 0. The monoisotopic (exact) mass is 505 g/mol. The van der Waals surface area contributed by atoms with E-state index in [1.165, 1.54) is 29.5 Å². The van der Waals surface area contributed by atoms with Crippen molar-refractivity contribution in [2.45, 2.75) is 50.0 Å². The highest BCUT2D eigenvalue weighted by Gasteiger charge is 2.38. The SMILES string of the molecule is CCCSc1ccc(-c2nn(-c3ccccc3)cc2C=C2SC(=S)N(C3CCCC3)C2=O)cc1. The summed E-state index contributed by atoms with van der Waals surface area (Å²) >= 11 is 8.89. The molecular weight excluding hydrogens is 479 g/mol. The molecule has 1 aliphatic carbocycles. The lowest BCUT2D eigenvalue weighted by Crippen LogP contribution is -2.36. The van der Waals surface area contributed by atoms with E-state index in [4.69, 9.17) is 17.3 Å². The van der Waals surface area contributed by atoms with Crippen molar-refractivity contribution in [1.82, 2.24) is 14.7 Å². The summed E-state index contributed by atoms with van der Waals surface area (Å²) in [6, 6.07) is 18.9. The molecule has 1 aromatic heterocycles. The van der Waals surface area contributed by atoms with Gasteiger partial charge in [-0.15, -0.1) is 11.8 Å². The van der Waals surface area contributed by atoms with Crippen molar-refractivity contribution in [3.63, 3.8) is 0 Å². The number of aromatic nitrogens is 2. The molecule has 3 aromatic rings. The third-order valence-corrected chi connectivity index (χ3v) is 8.71. The summed E-state index contributed by atoms with van der Waals surface area (Å²) in [6.45, 7) is 2.19. The predicted molar refractivity (Wildman–Crippen MR) is 147 cm³/mol. The van der Waals surface area contributed by atoms with Crippen molar-refractivity contribution in [1.29, 1.82) is 0 Å². The van der Waals surface area contributed by atoms with Gasteiger partial charge in [0.05, 0.1) is 16.3 Å². The lowest BCUT2D eigenvalue weighted by molar-refractivity contribution is -0.123. The highest BCUT2D eigenvalue weighted by molar-refractivity contribution is 8.26. The maximum Gasteiger partial charge on any atom is 0.266 e. The van der Waals surface area contributed by atoms with Crippen LogP contribution in [0.25, 0.3) is 23.0 Å². The third-order valence-electron chi connectivity index (χ3n) is 6.16. The number of hydrogen-bond donors (Lipinski definition) is 0.